The van der Waals surface area contributed by atoms with Crippen molar-refractivity contribution < 1.29 is 34.7 Å². The number of phenolic OH excluding ortho intramolecular Hbond substituents is 2. The Morgan fingerprint density at radius 2 is 1.93 bits per heavy atom. The monoisotopic (exact) mass is 619 g/mol. The topological polar surface area (TPSA) is 153 Å². The first-order valence-electron chi connectivity index (χ1n) is 16.0. The van der Waals surface area contributed by atoms with Crippen LogP contribution in [-0.2, 0) is 30.5 Å². The van der Waals surface area contributed by atoms with Gasteiger partial charge in [0.15, 0.2) is 29.0 Å². The molecule has 2 bridgehead atoms. The predicted molar refractivity (Wildman–Crippen MR) is 171 cm³/mol. The molecule has 2 aromatic rings. The Bertz CT molecular complexity index is 1490. The summed E-state index contributed by atoms with van der Waals surface area (Å²) in [5.74, 6) is 7.53. The molecule has 2 aliphatic heterocycles. The number of aliphatic hydroxyl groups excluding tert-OH is 2. The number of ketones is 1. The van der Waals surface area contributed by atoms with Crippen LogP contribution in [0, 0.1) is 23.7 Å². The third-order valence-corrected chi connectivity index (χ3v) is 8.79. The second-order valence-corrected chi connectivity index (χ2v) is 12.8. The zero-order valence-corrected chi connectivity index (χ0v) is 26.4. The van der Waals surface area contributed by atoms with Crippen LogP contribution in [0.15, 0.2) is 23.2 Å². The van der Waals surface area contributed by atoms with Gasteiger partial charge in [-0.15, -0.1) is 0 Å². The zero-order valence-electron chi connectivity index (χ0n) is 26.4. The van der Waals surface area contributed by atoms with Crippen molar-refractivity contribution in [1.82, 2.24) is 10.6 Å². The molecule has 6 N–H and O–H groups in total. The van der Waals surface area contributed by atoms with Gasteiger partial charge in [-0.25, -0.2) is 0 Å². The molecule has 0 aromatic heterocycles. The van der Waals surface area contributed by atoms with Crippen LogP contribution in [-0.4, -0.2) is 70.8 Å². The standard InChI is InChI=1S/C35H45N3O7/c1-20(2)19-37-35-36-14-13-25(38-35)16-24-17-29-22-8-11-27(40)18-26(39)10-7-21-9-12-30(41)32(44-3)28(21)6-4-5-23(15-22)31(42)33(29)45-34(24)43/h9,12,15,20,24-25,27,34,40-43H,5,7-8,10-11,13-14,16-19H2,1-3H3,(H2,36,37,38)/t24-,25-,27-,34-/m1/s1. The number of aromatic hydroxyl groups is 2. The van der Waals surface area contributed by atoms with Crippen molar-refractivity contribution >= 4 is 11.7 Å². The van der Waals surface area contributed by atoms with E-state index in [2.05, 4.69) is 41.3 Å². The largest absolute Gasteiger partial charge is 0.504 e. The fourth-order valence-electron chi connectivity index (χ4n) is 6.34. The lowest BCUT2D eigenvalue weighted by molar-refractivity contribution is -0.121. The van der Waals surface area contributed by atoms with E-state index >= 15 is 0 Å². The summed E-state index contributed by atoms with van der Waals surface area (Å²) < 4.78 is 11.5. The third kappa shape index (κ3) is 7.84. The molecule has 0 saturated heterocycles. The van der Waals surface area contributed by atoms with Gasteiger partial charge in [0.2, 0.25) is 6.29 Å². The number of carbonyl (C=O) groups is 1. The van der Waals surface area contributed by atoms with Gasteiger partial charge in [-0.1, -0.05) is 37.8 Å². The fraction of sp³-hybridized carbons (Fsp3) is 0.543. The number of rotatable bonds is 5. The molecule has 0 amide bonds. The van der Waals surface area contributed by atoms with Crippen molar-refractivity contribution in [2.75, 3.05) is 20.2 Å². The molecule has 0 saturated carbocycles. The second kappa shape index (κ2) is 14.4. The number of methoxy groups -OCH3 is 1. The van der Waals surface area contributed by atoms with Crippen LogP contribution in [0.3, 0.4) is 0 Å². The quantitative estimate of drug-likeness (QED) is 0.277. The van der Waals surface area contributed by atoms with Gasteiger partial charge in [0.25, 0.3) is 0 Å². The molecule has 3 aliphatic rings. The smallest absolute Gasteiger partial charge is 0.200 e. The predicted octanol–water partition coefficient (Wildman–Crippen LogP) is 3.12. The first kappa shape index (κ1) is 32.5. The van der Waals surface area contributed by atoms with Gasteiger partial charge >= 0.3 is 0 Å². The van der Waals surface area contributed by atoms with Gasteiger partial charge in [-0.2, -0.15) is 0 Å². The Kier molecular flexibility index (Phi) is 10.4. The van der Waals surface area contributed by atoms with Crippen molar-refractivity contribution in [3.8, 4) is 34.8 Å². The lowest BCUT2D eigenvalue weighted by atomic mass is 9.84. The summed E-state index contributed by atoms with van der Waals surface area (Å²) >= 11 is 0. The van der Waals surface area contributed by atoms with Crippen molar-refractivity contribution in [1.29, 1.82) is 0 Å². The first-order valence-corrected chi connectivity index (χ1v) is 16.0. The second-order valence-electron chi connectivity index (χ2n) is 12.8. The van der Waals surface area contributed by atoms with E-state index in [1.165, 1.54) is 13.2 Å². The third-order valence-electron chi connectivity index (χ3n) is 8.79. The maximum absolute atomic E-state index is 12.8. The van der Waals surface area contributed by atoms with Gasteiger partial charge in [-0.05, 0) is 61.6 Å². The molecule has 0 fully saturated rings. The number of aryl methyl sites for hydroxylation is 2. The summed E-state index contributed by atoms with van der Waals surface area (Å²) in [6.07, 6.45) is 1.72. The minimum Gasteiger partial charge on any atom is -0.504 e. The molecule has 5 rings (SSSR count). The number of fused-ring (bicyclic) bond motifs is 5. The molecular weight excluding hydrogens is 574 g/mol. The molecule has 2 aromatic carbocycles. The van der Waals surface area contributed by atoms with Crippen molar-refractivity contribution in [3.05, 3.63) is 46.0 Å². The molecule has 2 heterocycles. The lowest BCUT2D eigenvalue weighted by Crippen LogP contribution is -2.49. The lowest BCUT2D eigenvalue weighted by Gasteiger charge is -2.35. The number of aliphatic imine (C=N–C) groups is 1. The van der Waals surface area contributed by atoms with Crippen molar-refractivity contribution in [2.45, 2.75) is 90.1 Å². The molecule has 10 heteroatoms. The normalized spacial score (nSPS) is 23.5. The molecule has 0 spiro atoms. The van der Waals surface area contributed by atoms with Crippen molar-refractivity contribution in [3.63, 3.8) is 0 Å². The SMILES string of the molecule is COc1c(O)ccc2c1C#CCc1cc(c3c(c1O)O[C@@H](O)[C@H](C[C@H]1CCN=C(NCC(C)C)N1)C3)CC[C@@H](O)CC(=O)CC2. The Morgan fingerprint density at radius 1 is 1.11 bits per heavy atom. The van der Waals surface area contributed by atoms with Crippen LogP contribution in [0.25, 0.3) is 0 Å². The average molecular weight is 620 g/mol. The molecule has 10 nitrogen and oxygen atoms in total. The molecule has 0 unspecified atom stereocenters. The average Bonchev–Trinajstić information content (AvgIpc) is 3.01. The highest BCUT2D eigenvalue weighted by atomic mass is 16.6. The van der Waals surface area contributed by atoms with Crippen LogP contribution in [0.5, 0.6) is 23.0 Å². The number of carbonyl (C=O) groups excluding carboxylic acids is 1. The maximum atomic E-state index is 12.8. The Labute approximate surface area is 264 Å². The van der Waals surface area contributed by atoms with Gasteiger partial charge in [-0.3, -0.25) is 9.79 Å². The number of guanidine groups is 1. The first-order chi connectivity index (χ1) is 21.6. The number of benzene rings is 2. The Balaban J connectivity index is 1.43. The molecule has 0 radical (unpaired) electrons. The van der Waals surface area contributed by atoms with Gasteiger partial charge in [0.1, 0.15) is 5.78 Å². The summed E-state index contributed by atoms with van der Waals surface area (Å²) in [7, 11) is 1.45. The number of hydrogen-bond acceptors (Lipinski definition) is 10. The summed E-state index contributed by atoms with van der Waals surface area (Å²) in [5.41, 5.74) is 3.48. The summed E-state index contributed by atoms with van der Waals surface area (Å²) in [5, 5.41) is 50.5. The van der Waals surface area contributed by atoms with E-state index in [1.807, 2.05) is 6.07 Å². The molecule has 4 atom stereocenters. The number of nitrogens with zero attached hydrogens (tertiary/aromatic N) is 1. The van der Waals surface area contributed by atoms with Crippen LogP contribution in [0.1, 0.15) is 73.8 Å². The molecule has 1 aliphatic carbocycles. The van der Waals surface area contributed by atoms with Gasteiger partial charge in [0, 0.05) is 55.4 Å². The van der Waals surface area contributed by atoms with Crippen LogP contribution in [0.4, 0.5) is 0 Å². The van der Waals surface area contributed by atoms with Gasteiger partial charge < -0.3 is 40.5 Å². The fourth-order valence-corrected chi connectivity index (χ4v) is 6.34. The highest BCUT2D eigenvalue weighted by Gasteiger charge is 2.35. The summed E-state index contributed by atoms with van der Waals surface area (Å²) in [6.45, 7) is 5.79. The number of phenols is 2. The molecular formula is C35H45N3O7. The Morgan fingerprint density at radius 3 is 2.71 bits per heavy atom. The van der Waals surface area contributed by atoms with Crippen molar-refractivity contribution in [2.24, 2.45) is 16.8 Å². The number of ether oxygens (including phenoxy) is 2. The number of aliphatic hydroxyl groups is 2. The van der Waals surface area contributed by atoms with Crippen LogP contribution >= 0.6 is 0 Å². The van der Waals surface area contributed by atoms with E-state index in [-0.39, 0.29) is 60.0 Å². The molecule has 242 valence electrons. The zero-order chi connectivity index (χ0) is 32.1. The maximum Gasteiger partial charge on any atom is 0.200 e. The number of Topliss-reactive ketones (excluding diaryl/α,β-unsaturated/α-hetero) is 1. The van der Waals surface area contributed by atoms with E-state index in [0.717, 1.165) is 35.6 Å². The van der Waals surface area contributed by atoms with Crippen LogP contribution < -0.4 is 20.1 Å². The van der Waals surface area contributed by atoms with Gasteiger partial charge in [0.05, 0.1) is 18.8 Å². The Hall–Kier alpha value is -3.94. The minimum absolute atomic E-state index is 0.0310. The van der Waals surface area contributed by atoms with E-state index in [1.54, 1.807) is 6.07 Å². The summed E-state index contributed by atoms with van der Waals surface area (Å²) in [4.78, 5) is 17.4. The number of nitrogens with one attached hydrogen (secondary N) is 2. The van der Waals surface area contributed by atoms with E-state index in [0.29, 0.717) is 55.7 Å². The minimum atomic E-state index is -1.11. The van der Waals surface area contributed by atoms with Crippen LogP contribution in [0.2, 0.25) is 0 Å². The highest BCUT2D eigenvalue weighted by Crippen LogP contribution is 2.44. The van der Waals surface area contributed by atoms with E-state index in [4.69, 9.17) is 9.47 Å². The number of hydrogen-bond donors (Lipinski definition) is 6. The van der Waals surface area contributed by atoms with E-state index < -0.39 is 12.4 Å². The molecule has 45 heavy (non-hydrogen) atoms. The van der Waals surface area contributed by atoms with E-state index in [9.17, 15) is 25.2 Å². The highest BCUT2D eigenvalue weighted by molar-refractivity contribution is 5.80. The summed E-state index contributed by atoms with van der Waals surface area (Å²) in [6, 6.07) is 5.25.